The standard InChI is InChI=1S/C15H22N4/c1-3-18(12-7-8-12)9-10-19-13-6-4-5-11(2)14(13)17-15(19)16/h4-6,12H,3,7-10H2,1-2H3,(H2,16,17). The number of anilines is 1. The van der Waals surface area contributed by atoms with E-state index in [2.05, 4.69) is 46.5 Å². The van der Waals surface area contributed by atoms with Gasteiger partial charge in [-0.2, -0.15) is 0 Å². The lowest BCUT2D eigenvalue weighted by Gasteiger charge is -2.20. The molecule has 0 bridgehead atoms. The van der Waals surface area contributed by atoms with Gasteiger partial charge in [-0.3, -0.25) is 4.90 Å². The monoisotopic (exact) mass is 258 g/mol. The highest BCUT2D eigenvalue weighted by Crippen LogP contribution is 2.27. The zero-order valence-electron chi connectivity index (χ0n) is 11.8. The zero-order valence-corrected chi connectivity index (χ0v) is 11.8. The first-order valence-corrected chi connectivity index (χ1v) is 7.16. The van der Waals surface area contributed by atoms with Crippen molar-refractivity contribution in [2.75, 3.05) is 18.8 Å². The molecule has 0 spiro atoms. The molecule has 0 saturated heterocycles. The van der Waals surface area contributed by atoms with Crippen molar-refractivity contribution in [1.82, 2.24) is 14.5 Å². The number of hydrogen-bond acceptors (Lipinski definition) is 3. The van der Waals surface area contributed by atoms with Gasteiger partial charge in [0.2, 0.25) is 5.95 Å². The maximum atomic E-state index is 6.07. The first kappa shape index (κ1) is 12.5. The second-order valence-electron chi connectivity index (χ2n) is 5.42. The molecule has 19 heavy (non-hydrogen) atoms. The second kappa shape index (κ2) is 4.85. The minimum atomic E-state index is 0.635. The molecule has 2 N–H and O–H groups in total. The average Bonchev–Trinajstić information content (AvgIpc) is 3.17. The van der Waals surface area contributed by atoms with Gasteiger partial charge in [-0.05, 0) is 37.9 Å². The smallest absolute Gasteiger partial charge is 0.201 e. The Morgan fingerprint density at radius 1 is 1.42 bits per heavy atom. The summed E-state index contributed by atoms with van der Waals surface area (Å²) < 4.78 is 2.15. The lowest BCUT2D eigenvalue weighted by Crippen LogP contribution is -2.29. The molecule has 1 aliphatic carbocycles. The first-order chi connectivity index (χ1) is 9.20. The molecule has 1 heterocycles. The van der Waals surface area contributed by atoms with Gasteiger partial charge in [-0.15, -0.1) is 0 Å². The predicted octanol–water partition coefficient (Wildman–Crippen LogP) is 2.41. The quantitative estimate of drug-likeness (QED) is 0.896. The summed E-state index contributed by atoms with van der Waals surface area (Å²) in [6.07, 6.45) is 2.71. The minimum Gasteiger partial charge on any atom is -0.369 e. The summed E-state index contributed by atoms with van der Waals surface area (Å²) in [5.41, 5.74) is 9.46. The van der Waals surface area contributed by atoms with E-state index in [0.717, 1.165) is 36.7 Å². The van der Waals surface area contributed by atoms with Crippen molar-refractivity contribution in [2.24, 2.45) is 0 Å². The number of hydrogen-bond donors (Lipinski definition) is 1. The summed E-state index contributed by atoms with van der Waals surface area (Å²) in [6, 6.07) is 7.08. The maximum Gasteiger partial charge on any atom is 0.201 e. The Morgan fingerprint density at radius 3 is 2.89 bits per heavy atom. The molecule has 0 atom stereocenters. The van der Waals surface area contributed by atoms with Crippen LogP contribution in [0, 0.1) is 6.92 Å². The Morgan fingerprint density at radius 2 is 2.21 bits per heavy atom. The van der Waals surface area contributed by atoms with Crippen molar-refractivity contribution in [2.45, 2.75) is 39.3 Å². The molecular formula is C15H22N4. The molecule has 4 nitrogen and oxygen atoms in total. The van der Waals surface area contributed by atoms with Gasteiger partial charge < -0.3 is 10.3 Å². The predicted molar refractivity (Wildman–Crippen MR) is 79.2 cm³/mol. The van der Waals surface area contributed by atoms with E-state index >= 15 is 0 Å². The molecule has 0 radical (unpaired) electrons. The Balaban J connectivity index is 1.84. The number of likely N-dealkylation sites (N-methyl/N-ethyl adjacent to an activating group) is 1. The van der Waals surface area contributed by atoms with E-state index in [-0.39, 0.29) is 0 Å². The SMILES string of the molecule is CCN(CCn1c(N)nc2c(C)cccc21)C1CC1. The Labute approximate surface area is 114 Å². The van der Waals surface area contributed by atoms with Crippen molar-refractivity contribution >= 4 is 17.0 Å². The summed E-state index contributed by atoms with van der Waals surface area (Å²) in [5, 5.41) is 0. The van der Waals surface area contributed by atoms with Crippen LogP contribution in [0.4, 0.5) is 5.95 Å². The van der Waals surface area contributed by atoms with Crippen LogP contribution in [-0.2, 0) is 6.54 Å². The zero-order chi connectivity index (χ0) is 13.4. The van der Waals surface area contributed by atoms with E-state index in [1.165, 1.54) is 18.4 Å². The molecule has 3 rings (SSSR count). The van der Waals surface area contributed by atoms with Gasteiger partial charge in [0.1, 0.15) is 0 Å². The minimum absolute atomic E-state index is 0.635. The van der Waals surface area contributed by atoms with Crippen molar-refractivity contribution in [1.29, 1.82) is 0 Å². The maximum absolute atomic E-state index is 6.07. The third-order valence-corrected chi connectivity index (χ3v) is 4.09. The van der Waals surface area contributed by atoms with Gasteiger partial charge in [0.25, 0.3) is 0 Å². The highest BCUT2D eigenvalue weighted by atomic mass is 15.2. The molecule has 1 saturated carbocycles. The van der Waals surface area contributed by atoms with Crippen LogP contribution in [0.15, 0.2) is 18.2 Å². The highest BCUT2D eigenvalue weighted by Gasteiger charge is 2.27. The van der Waals surface area contributed by atoms with Gasteiger partial charge in [0, 0.05) is 19.1 Å². The topological polar surface area (TPSA) is 47.1 Å². The van der Waals surface area contributed by atoms with E-state index in [1.807, 2.05) is 0 Å². The lowest BCUT2D eigenvalue weighted by molar-refractivity contribution is 0.268. The van der Waals surface area contributed by atoms with E-state index in [4.69, 9.17) is 5.73 Å². The lowest BCUT2D eigenvalue weighted by atomic mass is 10.2. The third-order valence-electron chi connectivity index (χ3n) is 4.09. The summed E-state index contributed by atoms with van der Waals surface area (Å²) >= 11 is 0. The number of nitrogen functional groups attached to an aromatic ring is 1. The number of nitrogens with zero attached hydrogens (tertiary/aromatic N) is 3. The number of rotatable bonds is 5. The van der Waals surface area contributed by atoms with Gasteiger partial charge in [0.15, 0.2) is 0 Å². The fraction of sp³-hybridized carbons (Fsp3) is 0.533. The molecule has 1 fully saturated rings. The van der Waals surface area contributed by atoms with E-state index in [1.54, 1.807) is 0 Å². The number of para-hydroxylation sites is 1. The van der Waals surface area contributed by atoms with Gasteiger partial charge in [-0.25, -0.2) is 4.98 Å². The molecule has 2 aromatic rings. The molecule has 0 unspecified atom stereocenters. The van der Waals surface area contributed by atoms with Gasteiger partial charge >= 0.3 is 0 Å². The number of aryl methyl sites for hydroxylation is 1. The van der Waals surface area contributed by atoms with Crippen molar-refractivity contribution in [3.05, 3.63) is 23.8 Å². The molecule has 1 aromatic carbocycles. The third kappa shape index (κ3) is 2.32. The van der Waals surface area contributed by atoms with Crippen LogP contribution < -0.4 is 5.73 Å². The van der Waals surface area contributed by atoms with Crippen LogP contribution in [0.3, 0.4) is 0 Å². The molecule has 1 aliphatic rings. The van der Waals surface area contributed by atoms with Crippen molar-refractivity contribution in [3.63, 3.8) is 0 Å². The molecule has 4 heteroatoms. The number of aromatic nitrogens is 2. The largest absolute Gasteiger partial charge is 0.369 e. The number of nitrogens with two attached hydrogens (primary N) is 1. The Bertz CT molecular complexity index is 583. The molecule has 0 aliphatic heterocycles. The van der Waals surface area contributed by atoms with Crippen LogP contribution >= 0.6 is 0 Å². The summed E-state index contributed by atoms with van der Waals surface area (Å²) in [6.45, 7) is 7.43. The van der Waals surface area contributed by atoms with Crippen LogP contribution in [0.1, 0.15) is 25.3 Å². The molecular weight excluding hydrogens is 236 g/mol. The molecule has 1 aromatic heterocycles. The summed E-state index contributed by atoms with van der Waals surface area (Å²) in [7, 11) is 0. The van der Waals surface area contributed by atoms with Crippen molar-refractivity contribution < 1.29 is 0 Å². The fourth-order valence-electron chi connectivity index (χ4n) is 2.81. The van der Waals surface area contributed by atoms with Gasteiger partial charge in [-0.1, -0.05) is 19.1 Å². The van der Waals surface area contributed by atoms with Crippen LogP contribution in [0.5, 0.6) is 0 Å². The van der Waals surface area contributed by atoms with Crippen molar-refractivity contribution in [3.8, 4) is 0 Å². The van der Waals surface area contributed by atoms with Crippen LogP contribution in [0.25, 0.3) is 11.0 Å². The average molecular weight is 258 g/mol. The molecule has 102 valence electrons. The first-order valence-electron chi connectivity index (χ1n) is 7.16. The highest BCUT2D eigenvalue weighted by molar-refractivity contribution is 5.81. The number of benzene rings is 1. The summed E-state index contributed by atoms with van der Waals surface area (Å²) in [5.74, 6) is 0.635. The van der Waals surface area contributed by atoms with E-state index < -0.39 is 0 Å². The van der Waals surface area contributed by atoms with E-state index in [0.29, 0.717) is 5.95 Å². The Kier molecular flexibility index (Phi) is 3.19. The van der Waals surface area contributed by atoms with Crippen LogP contribution in [0.2, 0.25) is 0 Å². The molecule has 0 amide bonds. The Hall–Kier alpha value is -1.55. The number of imidazole rings is 1. The van der Waals surface area contributed by atoms with E-state index in [9.17, 15) is 0 Å². The normalized spacial score (nSPS) is 15.5. The fourth-order valence-corrected chi connectivity index (χ4v) is 2.81. The number of fused-ring (bicyclic) bond motifs is 1. The van der Waals surface area contributed by atoms with Crippen LogP contribution in [-0.4, -0.2) is 33.6 Å². The summed E-state index contributed by atoms with van der Waals surface area (Å²) in [4.78, 5) is 7.04. The second-order valence-corrected chi connectivity index (χ2v) is 5.42. The van der Waals surface area contributed by atoms with Gasteiger partial charge in [0.05, 0.1) is 11.0 Å².